The van der Waals surface area contributed by atoms with Gasteiger partial charge in [0, 0.05) is 19.7 Å². The first-order valence-electron chi connectivity index (χ1n) is 10.9. The molecular weight excluding hydrogens is 471 g/mol. The number of nitrogens with zero attached hydrogens (tertiary/aromatic N) is 3. The molecule has 0 radical (unpaired) electrons. The fraction of sp³-hybridized carbons (Fsp3) is 0.192. The van der Waals surface area contributed by atoms with Crippen molar-refractivity contribution in [1.82, 2.24) is 14.9 Å². The van der Waals surface area contributed by atoms with Gasteiger partial charge in [-0.1, -0.05) is 29.8 Å². The van der Waals surface area contributed by atoms with Crippen molar-refractivity contribution in [3.05, 3.63) is 83.4 Å². The van der Waals surface area contributed by atoms with E-state index in [1.807, 2.05) is 24.3 Å². The van der Waals surface area contributed by atoms with Gasteiger partial charge >= 0.3 is 0 Å². The summed E-state index contributed by atoms with van der Waals surface area (Å²) >= 11 is 6.44. The van der Waals surface area contributed by atoms with Gasteiger partial charge in [0.15, 0.2) is 0 Å². The van der Waals surface area contributed by atoms with Crippen molar-refractivity contribution in [3.8, 4) is 11.5 Å². The number of carbonyl (C=O) groups is 1. The van der Waals surface area contributed by atoms with Crippen LogP contribution in [0, 0.1) is 5.82 Å². The van der Waals surface area contributed by atoms with Crippen LogP contribution >= 0.6 is 11.6 Å². The highest BCUT2D eigenvalue weighted by molar-refractivity contribution is 6.32. The second-order valence-corrected chi connectivity index (χ2v) is 8.26. The number of likely N-dealkylation sites (N-methyl/N-ethyl adjacent to an activating group) is 1. The Hall–Kier alpha value is -3.91. The van der Waals surface area contributed by atoms with Gasteiger partial charge in [0.05, 0.1) is 22.5 Å². The molecule has 0 atom stereocenters. The number of nitrogens with one attached hydrogen (secondary N) is 1. The molecule has 0 unspecified atom stereocenters. The van der Waals surface area contributed by atoms with E-state index in [4.69, 9.17) is 21.1 Å². The summed E-state index contributed by atoms with van der Waals surface area (Å²) in [5, 5.41) is 4.38. The number of hydrogen-bond acceptors (Lipinski definition) is 6. The molecule has 0 saturated carbocycles. The second kappa shape index (κ2) is 11.0. The van der Waals surface area contributed by atoms with Crippen molar-refractivity contribution in [3.63, 3.8) is 0 Å². The summed E-state index contributed by atoms with van der Waals surface area (Å²) in [6, 6.07) is 17.0. The van der Waals surface area contributed by atoms with Gasteiger partial charge in [0.1, 0.15) is 42.7 Å². The lowest BCUT2D eigenvalue weighted by molar-refractivity contribution is -0.127. The molecule has 0 aliphatic heterocycles. The number of amides is 1. The molecule has 9 heteroatoms. The Bertz CT molecular complexity index is 1350. The van der Waals surface area contributed by atoms with E-state index in [0.29, 0.717) is 57.6 Å². The Morgan fingerprint density at radius 1 is 1.06 bits per heavy atom. The molecule has 180 valence electrons. The lowest BCUT2D eigenvalue weighted by Crippen LogP contribution is -2.28. The zero-order valence-electron chi connectivity index (χ0n) is 19.3. The van der Waals surface area contributed by atoms with Crippen LogP contribution < -0.4 is 14.8 Å². The predicted molar refractivity (Wildman–Crippen MR) is 134 cm³/mol. The van der Waals surface area contributed by atoms with Crippen molar-refractivity contribution >= 4 is 39.9 Å². The van der Waals surface area contributed by atoms with Crippen molar-refractivity contribution in [1.29, 1.82) is 0 Å². The fourth-order valence-corrected chi connectivity index (χ4v) is 3.60. The summed E-state index contributed by atoms with van der Waals surface area (Å²) in [6.45, 7) is 2.48. The molecule has 0 fully saturated rings. The summed E-state index contributed by atoms with van der Waals surface area (Å²) in [5.41, 5.74) is 2.11. The summed E-state index contributed by atoms with van der Waals surface area (Å²) in [6.07, 6.45) is 1.47. The highest BCUT2D eigenvalue weighted by atomic mass is 35.5. The highest BCUT2D eigenvalue weighted by Gasteiger charge is 2.12. The largest absolute Gasteiger partial charge is 0.491 e. The van der Waals surface area contributed by atoms with Crippen LogP contribution in [0.1, 0.15) is 12.5 Å². The van der Waals surface area contributed by atoms with Crippen LogP contribution in [0.15, 0.2) is 67.0 Å². The number of hydrogen-bond donors (Lipinski definition) is 1. The highest BCUT2D eigenvalue weighted by Crippen LogP contribution is 2.34. The first-order valence-corrected chi connectivity index (χ1v) is 11.3. The zero-order valence-corrected chi connectivity index (χ0v) is 20.1. The Kier molecular flexibility index (Phi) is 7.62. The Morgan fingerprint density at radius 2 is 1.89 bits per heavy atom. The van der Waals surface area contributed by atoms with Crippen LogP contribution in [0.4, 0.5) is 15.9 Å². The standard InChI is InChI=1S/C26H24ClFN4O3/c1-17(33)32(2)11-12-34-24-8-4-7-22-25(24)26(30-16-29-22)31-20-9-10-23(21(27)14-20)35-15-18-5-3-6-19(28)13-18/h3-10,13-14,16H,11-12,15H2,1-2H3,(H,29,30,31). The average molecular weight is 495 g/mol. The number of anilines is 2. The molecule has 4 rings (SSSR count). The molecule has 7 nitrogen and oxygen atoms in total. The molecule has 0 aliphatic rings. The summed E-state index contributed by atoms with van der Waals surface area (Å²) < 4.78 is 25.1. The lowest BCUT2D eigenvalue weighted by atomic mass is 10.2. The third-order valence-corrected chi connectivity index (χ3v) is 5.62. The van der Waals surface area contributed by atoms with Gasteiger partial charge in [0.25, 0.3) is 0 Å². The van der Waals surface area contributed by atoms with Crippen LogP contribution in [-0.2, 0) is 11.4 Å². The van der Waals surface area contributed by atoms with Crippen molar-refractivity contribution in [2.75, 3.05) is 25.5 Å². The topological polar surface area (TPSA) is 76.6 Å². The molecule has 0 bridgehead atoms. The molecule has 3 aromatic carbocycles. The molecule has 35 heavy (non-hydrogen) atoms. The van der Waals surface area contributed by atoms with Gasteiger partial charge in [-0.25, -0.2) is 14.4 Å². The minimum absolute atomic E-state index is 0.0301. The zero-order chi connectivity index (χ0) is 24.8. The lowest BCUT2D eigenvalue weighted by Gasteiger charge is -2.17. The molecule has 1 aromatic heterocycles. The van der Waals surface area contributed by atoms with Crippen molar-refractivity contribution in [2.45, 2.75) is 13.5 Å². The van der Waals surface area contributed by atoms with Crippen LogP contribution in [-0.4, -0.2) is 41.0 Å². The van der Waals surface area contributed by atoms with Crippen LogP contribution in [0.5, 0.6) is 11.5 Å². The van der Waals surface area contributed by atoms with Gasteiger partial charge in [-0.2, -0.15) is 0 Å². The maximum Gasteiger partial charge on any atom is 0.219 e. The first kappa shape index (κ1) is 24.2. The second-order valence-electron chi connectivity index (χ2n) is 7.85. The van der Waals surface area contributed by atoms with E-state index in [-0.39, 0.29) is 18.3 Å². The third kappa shape index (κ3) is 6.16. The fourth-order valence-electron chi connectivity index (χ4n) is 3.36. The SMILES string of the molecule is CC(=O)N(C)CCOc1cccc2ncnc(Nc3ccc(OCc4cccc(F)c4)c(Cl)c3)c12. The van der Waals surface area contributed by atoms with E-state index in [0.717, 1.165) is 0 Å². The van der Waals surface area contributed by atoms with Gasteiger partial charge in [-0.3, -0.25) is 4.79 Å². The van der Waals surface area contributed by atoms with E-state index in [9.17, 15) is 9.18 Å². The van der Waals surface area contributed by atoms with E-state index < -0.39 is 0 Å². The van der Waals surface area contributed by atoms with Crippen molar-refractivity contribution < 1.29 is 18.7 Å². The van der Waals surface area contributed by atoms with E-state index in [2.05, 4.69) is 15.3 Å². The maximum absolute atomic E-state index is 13.4. The van der Waals surface area contributed by atoms with Gasteiger partial charge < -0.3 is 19.7 Å². The van der Waals surface area contributed by atoms with E-state index in [1.54, 1.807) is 36.2 Å². The summed E-state index contributed by atoms with van der Waals surface area (Å²) in [5.74, 6) is 1.28. The average Bonchev–Trinajstić information content (AvgIpc) is 2.83. The third-order valence-electron chi connectivity index (χ3n) is 5.32. The van der Waals surface area contributed by atoms with Gasteiger partial charge in [-0.05, 0) is 48.0 Å². The van der Waals surface area contributed by atoms with Crippen LogP contribution in [0.25, 0.3) is 10.9 Å². The normalized spacial score (nSPS) is 10.7. The monoisotopic (exact) mass is 494 g/mol. The van der Waals surface area contributed by atoms with E-state index in [1.165, 1.54) is 25.4 Å². The molecule has 0 saturated heterocycles. The van der Waals surface area contributed by atoms with Gasteiger partial charge in [-0.15, -0.1) is 0 Å². The molecule has 4 aromatic rings. The number of fused-ring (bicyclic) bond motifs is 1. The number of benzene rings is 3. The minimum Gasteiger partial charge on any atom is -0.491 e. The van der Waals surface area contributed by atoms with Gasteiger partial charge in [0.2, 0.25) is 5.91 Å². The molecule has 1 heterocycles. The molecule has 1 amide bonds. The molecule has 0 aliphatic carbocycles. The van der Waals surface area contributed by atoms with Crippen LogP contribution in [0.3, 0.4) is 0 Å². The number of halogens is 2. The first-order chi connectivity index (χ1) is 16.9. The van der Waals surface area contributed by atoms with Crippen LogP contribution in [0.2, 0.25) is 5.02 Å². The minimum atomic E-state index is -0.317. The Balaban J connectivity index is 1.50. The predicted octanol–water partition coefficient (Wildman–Crippen LogP) is 5.60. The summed E-state index contributed by atoms with van der Waals surface area (Å²) in [4.78, 5) is 21.8. The Morgan fingerprint density at radius 3 is 2.66 bits per heavy atom. The van der Waals surface area contributed by atoms with Crippen molar-refractivity contribution in [2.24, 2.45) is 0 Å². The number of aromatic nitrogens is 2. The quantitative estimate of drug-likeness (QED) is 0.326. The number of carbonyl (C=O) groups excluding carboxylic acids is 1. The Labute approximate surface area is 207 Å². The summed E-state index contributed by atoms with van der Waals surface area (Å²) in [7, 11) is 1.72. The number of ether oxygens (including phenoxy) is 2. The molecular formula is C26H24ClFN4O3. The number of rotatable bonds is 9. The molecule has 1 N–H and O–H groups in total. The maximum atomic E-state index is 13.4. The smallest absolute Gasteiger partial charge is 0.219 e. The van der Waals surface area contributed by atoms with E-state index >= 15 is 0 Å². The molecule has 0 spiro atoms.